The van der Waals surface area contributed by atoms with Crippen molar-refractivity contribution in [3.8, 4) is 0 Å². The quantitative estimate of drug-likeness (QED) is 0.861. The van der Waals surface area contributed by atoms with Crippen LogP contribution in [0.2, 0.25) is 0 Å². The lowest BCUT2D eigenvalue weighted by Crippen LogP contribution is -2.44. The number of nitrogens with two attached hydrogens (primary N) is 1. The van der Waals surface area contributed by atoms with Crippen molar-refractivity contribution in [2.24, 2.45) is 0 Å². The van der Waals surface area contributed by atoms with Gasteiger partial charge in [0.1, 0.15) is 0 Å². The van der Waals surface area contributed by atoms with Crippen LogP contribution in [0.4, 0.5) is 5.69 Å². The van der Waals surface area contributed by atoms with E-state index in [9.17, 15) is 8.42 Å². The molecule has 0 aliphatic rings. The maximum absolute atomic E-state index is 12.5. The summed E-state index contributed by atoms with van der Waals surface area (Å²) in [5, 5.41) is 0. The lowest BCUT2D eigenvalue weighted by atomic mass is 10.0. The lowest BCUT2D eigenvalue weighted by Gasteiger charge is -2.33. The Morgan fingerprint density at radius 1 is 1.39 bits per heavy atom. The van der Waals surface area contributed by atoms with E-state index in [2.05, 4.69) is 15.9 Å². The highest BCUT2D eigenvalue weighted by Gasteiger charge is 2.32. The highest BCUT2D eigenvalue weighted by molar-refractivity contribution is 9.10. The summed E-state index contributed by atoms with van der Waals surface area (Å²) in [6.45, 7) is 5.75. The van der Waals surface area contributed by atoms with E-state index in [4.69, 9.17) is 5.73 Å². The minimum Gasteiger partial charge on any atom is -0.398 e. The van der Waals surface area contributed by atoms with Crippen molar-refractivity contribution < 1.29 is 8.42 Å². The summed E-state index contributed by atoms with van der Waals surface area (Å²) in [4.78, 5) is 0.215. The van der Waals surface area contributed by atoms with Crippen LogP contribution < -0.4 is 5.73 Å². The number of sulfonamides is 1. The third-order valence-corrected chi connectivity index (χ3v) is 6.13. The van der Waals surface area contributed by atoms with Gasteiger partial charge in [0, 0.05) is 22.7 Å². The first-order valence-electron chi connectivity index (χ1n) is 5.67. The van der Waals surface area contributed by atoms with E-state index >= 15 is 0 Å². The summed E-state index contributed by atoms with van der Waals surface area (Å²) in [5.41, 5.74) is 5.71. The van der Waals surface area contributed by atoms with Crippen LogP contribution >= 0.6 is 15.9 Å². The second-order valence-electron chi connectivity index (χ2n) is 4.82. The number of benzene rings is 1. The van der Waals surface area contributed by atoms with Crippen LogP contribution in [0.15, 0.2) is 27.6 Å². The van der Waals surface area contributed by atoms with Crippen LogP contribution in [0.1, 0.15) is 27.2 Å². The first kappa shape index (κ1) is 15.5. The van der Waals surface area contributed by atoms with Gasteiger partial charge in [-0.3, -0.25) is 0 Å². The third-order valence-electron chi connectivity index (χ3n) is 3.34. The molecule has 1 aromatic carbocycles. The van der Waals surface area contributed by atoms with Crippen molar-refractivity contribution in [2.75, 3.05) is 12.8 Å². The van der Waals surface area contributed by atoms with Gasteiger partial charge in [-0.25, -0.2) is 8.42 Å². The van der Waals surface area contributed by atoms with Gasteiger partial charge in [-0.2, -0.15) is 4.31 Å². The zero-order chi connectivity index (χ0) is 14.1. The number of rotatable bonds is 4. The van der Waals surface area contributed by atoms with Gasteiger partial charge in [0.15, 0.2) is 0 Å². The Morgan fingerprint density at radius 3 is 2.39 bits per heavy atom. The lowest BCUT2D eigenvalue weighted by molar-refractivity contribution is 0.257. The second-order valence-corrected chi connectivity index (χ2v) is 7.65. The van der Waals surface area contributed by atoms with Gasteiger partial charge in [0.25, 0.3) is 0 Å². The molecule has 2 N–H and O–H groups in total. The Labute approximate surface area is 117 Å². The van der Waals surface area contributed by atoms with E-state index in [1.165, 1.54) is 10.4 Å². The van der Waals surface area contributed by atoms with E-state index in [-0.39, 0.29) is 4.90 Å². The van der Waals surface area contributed by atoms with Gasteiger partial charge < -0.3 is 5.73 Å². The Bertz CT molecular complexity index is 541. The first-order valence-corrected chi connectivity index (χ1v) is 7.90. The van der Waals surface area contributed by atoms with Gasteiger partial charge in [-0.05, 0) is 54.4 Å². The monoisotopic (exact) mass is 334 g/mol. The zero-order valence-electron chi connectivity index (χ0n) is 11.1. The Hall–Kier alpha value is -0.590. The molecule has 102 valence electrons. The topological polar surface area (TPSA) is 63.4 Å². The molecule has 0 bridgehead atoms. The molecule has 0 heterocycles. The molecule has 6 heteroatoms. The molecule has 0 saturated carbocycles. The van der Waals surface area contributed by atoms with E-state index < -0.39 is 15.6 Å². The summed E-state index contributed by atoms with van der Waals surface area (Å²) >= 11 is 3.25. The van der Waals surface area contributed by atoms with Gasteiger partial charge in [-0.1, -0.05) is 6.92 Å². The molecule has 4 nitrogen and oxygen atoms in total. The highest BCUT2D eigenvalue weighted by Crippen LogP contribution is 2.28. The fourth-order valence-electron chi connectivity index (χ4n) is 1.39. The van der Waals surface area contributed by atoms with Crippen LogP contribution in [-0.4, -0.2) is 25.3 Å². The van der Waals surface area contributed by atoms with E-state index in [0.29, 0.717) is 10.2 Å². The molecule has 0 aliphatic carbocycles. The van der Waals surface area contributed by atoms with Gasteiger partial charge in [0.2, 0.25) is 10.0 Å². The molecule has 18 heavy (non-hydrogen) atoms. The molecule has 0 radical (unpaired) electrons. The third kappa shape index (κ3) is 2.87. The largest absolute Gasteiger partial charge is 0.398 e. The van der Waals surface area contributed by atoms with E-state index in [1.807, 2.05) is 20.8 Å². The number of hydrogen-bond donors (Lipinski definition) is 1. The van der Waals surface area contributed by atoms with Gasteiger partial charge in [0.05, 0.1) is 4.90 Å². The molecule has 0 unspecified atom stereocenters. The maximum atomic E-state index is 12.5. The van der Waals surface area contributed by atoms with Crippen molar-refractivity contribution in [3.63, 3.8) is 0 Å². The highest BCUT2D eigenvalue weighted by atomic mass is 79.9. The second kappa shape index (κ2) is 5.19. The van der Waals surface area contributed by atoms with Crippen LogP contribution in [-0.2, 0) is 10.0 Å². The zero-order valence-corrected chi connectivity index (χ0v) is 13.5. The van der Waals surface area contributed by atoms with Crippen LogP contribution in [0.3, 0.4) is 0 Å². The predicted octanol–water partition coefficient (Wildman–Crippen LogP) is 2.84. The molecule has 0 aromatic heterocycles. The van der Waals surface area contributed by atoms with Crippen molar-refractivity contribution in [3.05, 3.63) is 22.7 Å². The smallest absolute Gasteiger partial charge is 0.243 e. The molecule has 0 aliphatic heterocycles. The van der Waals surface area contributed by atoms with Crippen molar-refractivity contribution in [1.82, 2.24) is 4.31 Å². The average molecular weight is 335 g/mol. The normalized spacial score (nSPS) is 13.0. The summed E-state index contributed by atoms with van der Waals surface area (Å²) in [6, 6.07) is 4.68. The van der Waals surface area contributed by atoms with Crippen LogP contribution in [0, 0.1) is 0 Å². The fraction of sp³-hybridized carbons (Fsp3) is 0.500. The van der Waals surface area contributed by atoms with Crippen molar-refractivity contribution in [1.29, 1.82) is 0 Å². The Morgan fingerprint density at radius 2 is 1.94 bits per heavy atom. The average Bonchev–Trinajstić information content (AvgIpc) is 2.31. The van der Waals surface area contributed by atoms with Crippen LogP contribution in [0.5, 0.6) is 0 Å². The summed E-state index contributed by atoms with van der Waals surface area (Å²) in [6.07, 6.45) is 0.731. The first-order chi connectivity index (χ1) is 8.13. The molecule has 0 spiro atoms. The Balaban J connectivity index is 3.26. The molecular weight excluding hydrogens is 316 g/mol. The number of nitrogen functional groups attached to an aromatic ring is 1. The number of nitrogens with zero attached hydrogens (tertiary/aromatic N) is 1. The molecule has 0 saturated heterocycles. The summed E-state index contributed by atoms with van der Waals surface area (Å²) in [7, 11) is -1.92. The van der Waals surface area contributed by atoms with Gasteiger partial charge >= 0.3 is 0 Å². The number of halogens is 1. The van der Waals surface area contributed by atoms with E-state index in [1.54, 1.807) is 19.2 Å². The maximum Gasteiger partial charge on any atom is 0.243 e. The van der Waals surface area contributed by atoms with Crippen molar-refractivity contribution >= 4 is 31.6 Å². The summed E-state index contributed by atoms with van der Waals surface area (Å²) < 4.78 is 27.0. The fourth-order valence-corrected chi connectivity index (χ4v) is 3.25. The molecule has 0 atom stereocenters. The van der Waals surface area contributed by atoms with E-state index in [0.717, 1.165) is 6.42 Å². The predicted molar refractivity (Wildman–Crippen MR) is 77.9 cm³/mol. The van der Waals surface area contributed by atoms with Gasteiger partial charge in [-0.15, -0.1) is 0 Å². The minimum absolute atomic E-state index is 0.215. The summed E-state index contributed by atoms with van der Waals surface area (Å²) in [5.74, 6) is 0. The minimum atomic E-state index is -3.52. The van der Waals surface area contributed by atoms with Crippen molar-refractivity contribution in [2.45, 2.75) is 37.6 Å². The Kier molecular flexibility index (Phi) is 4.46. The van der Waals surface area contributed by atoms with Crippen LogP contribution in [0.25, 0.3) is 0 Å². The molecule has 0 fully saturated rings. The standard InChI is InChI=1S/C12H19BrN2O2S/c1-5-12(2,3)15(4)18(16,17)9-6-7-10(13)11(14)8-9/h6-8H,5,14H2,1-4H3. The number of hydrogen-bond acceptors (Lipinski definition) is 3. The SMILES string of the molecule is CCC(C)(C)N(C)S(=O)(=O)c1ccc(Br)c(N)c1. The molecule has 1 rings (SSSR count). The molecule has 1 aromatic rings. The molecule has 0 amide bonds. The number of anilines is 1. The molecular formula is C12H19BrN2O2S.